The van der Waals surface area contributed by atoms with Crippen molar-refractivity contribution in [3.8, 4) is 12.3 Å². The Balaban J connectivity index is 2.81. The van der Waals surface area contributed by atoms with Crippen molar-refractivity contribution in [1.82, 2.24) is 10.3 Å². The molecule has 0 aliphatic rings. The third-order valence-electron chi connectivity index (χ3n) is 1.60. The van der Waals surface area contributed by atoms with Gasteiger partial charge in [-0.15, -0.1) is 6.42 Å². The molecule has 0 aliphatic carbocycles. The number of hydrogen-bond donors (Lipinski definition) is 1. The lowest BCUT2D eigenvalue weighted by molar-refractivity contribution is 0.0947. The monoisotopic (exact) mass is 252 g/mol. The Kier molecular flexibility index (Phi) is 3.66. The Morgan fingerprint density at radius 1 is 1.79 bits per heavy atom. The van der Waals surface area contributed by atoms with E-state index in [4.69, 9.17) is 6.42 Å². The molecule has 0 saturated carbocycles. The largest absolute Gasteiger partial charge is 0.339 e. The van der Waals surface area contributed by atoms with E-state index in [0.29, 0.717) is 10.2 Å². The summed E-state index contributed by atoms with van der Waals surface area (Å²) in [5.41, 5.74) is 0.481. The number of hydrogen-bond acceptors (Lipinski definition) is 2. The highest BCUT2D eigenvalue weighted by molar-refractivity contribution is 9.10. The number of nitrogens with zero attached hydrogens (tertiary/aromatic N) is 1. The van der Waals surface area contributed by atoms with Gasteiger partial charge >= 0.3 is 0 Å². The van der Waals surface area contributed by atoms with Crippen molar-refractivity contribution in [3.05, 3.63) is 28.5 Å². The lowest BCUT2D eigenvalue weighted by atomic mass is 10.2. The van der Waals surface area contributed by atoms with Gasteiger partial charge in [0.25, 0.3) is 5.91 Å². The van der Waals surface area contributed by atoms with Crippen LogP contribution in [-0.4, -0.2) is 16.9 Å². The van der Waals surface area contributed by atoms with Gasteiger partial charge in [0.15, 0.2) is 0 Å². The third-order valence-corrected chi connectivity index (χ3v) is 2.23. The standard InChI is InChI=1S/C10H9BrN2O/c1-3-7(2)13-10(14)8-5-4-6-12-9(8)11/h1,4-7H,2H3,(H,13,14). The van der Waals surface area contributed by atoms with Crippen LogP contribution in [0.15, 0.2) is 22.9 Å². The van der Waals surface area contributed by atoms with Crippen molar-refractivity contribution < 1.29 is 4.79 Å². The van der Waals surface area contributed by atoms with Crippen molar-refractivity contribution in [2.75, 3.05) is 0 Å². The fourth-order valence-electron chi connectivity index (χ4n) is 0.871. The number of nitrogens with one attached hydrogen (secondary N) is 1. The molecule has 1 aromatic rings. The Hall–Kier alpha value is -1.34. The Morgan fingerprint density at radius 2 is 2.50 bits per heavy atom. The second kappa shape index (κ2) is 4.77. The molecule has 0 saturated heterocycles. The minimum atomic E-state index is -0.283. The Morgan fingerprint density at radius 3 is 3.07 bits per heavy atom. The predicted molar refractivity (Wildman–Crippen MR) is 57.7 cm³/mol. The summed E-state index contributed by atoms with van der Waals surface area (Å²) in [7, 11) is 0. The van der Waals surface area contributed by atoms with Crippen LogP contribution >= 0.6 is 15.9 Å². The maximum Gasteiger partial charge on any atom is 0.254 e. The number of halogens is 1. The topological polar surface area (TPSA) is 42.0 Å². The maximum absolute atomic E-state index is 11.6. The highest BCUT2D eigenvalue weighted by Crippen LogP contribution is 2.12. The number of carbonyl (C=O) groups is 1. The summed E-state index contributed by atoms with van der Waals surface area (Å²) >= 11 is 3.19. The van der Waals surface area contributed by atoms with Crippen molar-refractivity contribution in [1.29, 1.82) is 0 Å². The summed E-state index contributed by atoms with van der Waals surface area (Å²) < 4.78 is 0.515. The average molecular weight is 253 g/mol. The zero-order chi connectivity index (χ0) is 10.6. The Labute approximate surface area is 91.1 Å². The van der Waals surface area contributed by atoms with E-state index < -0.39 is 0 Å². The molecule has 1 N–H and O–H groups in total. The molecule has 1 amide bonds. The van der Waals surface area contributed by atoms with E-state index in [-0.39, 0.29) is 11.9 Å². The predicted octanol–water partition coefficient (Wildman–Crippen LogP) is 1.60. The second-order valence-electron chi connectivity index (χ2n) is 2.70. The minimum absolute atomic E-state index is 0.226. The number of carbonyl (C=O) groups excluding carboxylic acids is 1. The van der Waals surface area contributed by atoms with Gasteiger partial charge in [-0.3, -0.25) is 4.79 Å². The first-order chi connectivity index (χ1) is 6.65. The number of amides is 1. The third kappa shape index (κ3) is 2.57. The van der Waals surface area contributed by atoms with Gasteiger partial charge in [-0.1, -0.05) is 5.92 Å². The fraction of sp³-hybridized carbons (Fsp3) is 0.200. The maximum atomic E-state index is 11.6. The number of pyridine rings is 1. The zero-order valence-electron chi connectivity index (χ0n) is 7.62. The SMILES string of the molecule is C#CC(C)NC(=O)c1cccnc1Br. The molecule has 72 valence electrons. The molecule has 0 bridgehead atoms. The van der Waals surface area contributed by atoms with Gasteiger partial charge in [0.1, 0.15) is 4.60 Å². The molecule has 3 nitrogen and oxygen atoms in total. The normalized spacial score (nSPS) is 11.5. The van der Waals surface area contributed by atoms with Crippen LogP contribution in [0.2, 0.25) is 0 Å². The van der Waals surface area contributed by atoms with E-state index in [2.05, 4.69) is 32.2 Å². The molecule has 1 rings (SSSR count). The molecule has 1 aromatic heterocycles. The van der Waals surface area contributed by atoms with E-state index in [1.165, 1.54) is 0 Å². The molecule has 0 radical (unpaired) electrons. The summed E-state index contributed by atoms with van der Waals surface area (Å²) in [6.45, 7) is 1.74. The number of rotatable bonds is 2. The minimum Gasteiger partial charge on any atom is -0.339 e. The Bertz CT molecular complexity index is 384. The van der Waals surface area contributed by atoms with Crippen LogP contribution in [0.5, 0.6) is 0 Å². The molecular weight excluding hydrogens is 244 g/mol. The zero-order valence-corrected chi connectivity index (χ0v) is 9.21. The van der Waals surface area contributed by atoms with Gasteiger partial charge in [0, 0.05) is 6.20 Å². The van der Waals surface area contributed by atoms with Gasteiger partial charge in [0.05, 0.1) is 11.6 Å². The molecule has 0 fully saturated rings. The van der Waals surface area contributed by atoms with Gasteiger partial charge in [0.2, 0.25) is 0 Å². The van der Waals surface area contributed by atoms with Crippen LogP contribution in [0.25, 0.3) is 0 Å². The van der Waals surface area contributed by atoms with E-state index >= 15 is 0 Å². The molecule has 0 spiro atoms. The van der Waals surface area contributed by atoms with E-state index in [1.807, 2.05) is 0 Å². The van der Waals surface area contributed by atoms with Gasteiger partial charge in [-0.2, -0.15) is 0 Å². The van der Waals surface area contributed by atoms with Gasteiger partial charge < -0.3 is 5.32 Å². The van der Waals surface area contributed by atoms with Crippen molar-refractivity contribution in [2.24, 2.45) is 0 Å². The lowest BCUT2D eigenvalue weighted by Gasteiger charge is -2.07. The summed E-state index contributed by atoms with van der Waals surface area (Å²) in [6, 6.07) is 3.09. The molecule has 4 heteroatoms. The first kappa shape index (κ1) is 10.7. The second-order valence-corrected chi connectivity index (χ2v) is 3.45. The lowest BCUT2D eigenvalue weighted by Crippen LogP contribution is -2.31. The highest BCUT2D eigenvalue weighted by Gasteiger charge is 2.11. The molecule has 14 heavy (non-hydrogen) atoms. The van der Waals surface area contributed by atoms with E-state index in [9.17, 15) is 4.79 Å². The molecule has 0 aromatic carbocycles. The molecule has 1 unspecified atom stereocenters. The van der Waals surface area contributed by atoms with Crippen LogP contribution in [0.1, 0.15) is 17.3 Å². The van der Waals surface area contributed by atoms with Crippen molar-refractivity contribution in [2.45, 2.75) is 13.0 Å². The molecule has 1 heterocycles. The van der Waals surface area contributed by atoms with Crippen molar-refractivity contribution in [3.63, 3.8) is 0 Å². The van der Waals surface area contributed by atoms with Crippen LogP contribution in [0, 0.1) is 12.3 Å². The van der Waals surface area contributed by atoms with Gasteiger partial charge in [-0.25, -0.2) is 4.98 Å². The summed E-state index contributed by atoms with van der Waals surface area (Å²) in [5, 5.41) is 2.64. The van der Waals surface area contributed by atoms with Crippen LogP contribution in [0.4, 0.5) is 0 Å². The quantitative estimate of drug-likeness (QED) is 0.642. The fourth-order valence-corrected chi connectivity index (χ4v) is 1.30. The molecule has 0 aliphatic heterocycles. The van der Waals surface area contributed by atoms with Crippen molar-refractivity contribution >= 4 is 21.8 Å². The summed E-state index contributed by atoms with van der Waals surface area (Å²) in [6.07, 6.45) is 6.75. The van der Waals surface area contributed by atoms with E-state index in [0.717, 1.165) is 0 Å². The summed E-state index contributed by atoms with van der Waals surface area (Å²) in [4.78, 5) is 15.5. The van der Waals surface area contributed by atoms with Crippen LogP contribution in [-0.2, 0) is 0 Å². The van der Waals surface area contributed by atoms with Gasteiger partial charge in [-0.05, 0) is 35.0 Å². The number of aromatic nitrogens is 1. The van der Waals surface area contributed by atoms with E-state index in [1.54, 1.807) is 25.3 Å². The molecule has 1 atom stereocenters. The van der Waals surface area contributed by atoms with Crippen LogP contribution < -0.4 is 5.32 Å². The highest BCUT2D eigenvalue weighted by atomic mass is 79.9. The summed E-state index contributed by atoms with van der Waals surface area (Å²) in [5.74, 6) is 2.19. The smallest absolute Gasteiger partial charge is 0.254 e. The first-order valence-corrected chi connectivity index (χ1v) is 4.82. The first-order valence-electron chi connectivity index (χ1n) is 4.02. The number of terminal acetylenes is 1. The average Bonchev–Trinajstić information content (AvgIpc) is 2.18. The van der Waals surface area contributed by atoms with Crippen LogP contribution in [0.3, 0.4) is 0 Å². The molecular formula is C10H9BrN2O.